The van der Waals surface area contributed by atoms with E-state index in [1.807, 2.05) is 30.3 Å². The van der Waals surface area contributed by atoms with Gasteiger partial charge in [0.15, 0.2) is 0 Å². The van der Waals surface area contributed by atoms with Crippen LogP contribution in [0.3, 0.4) is 0 Å². The fraction of sp³-hybridized carbons (Fsp3) is 0.467. The first-order valence-electron chi connectivity index (χ1n) is 6.82. The van der Waals surface area contributed by atoms with E-state index in [4.69, 9.17) is 16.0 Å². The van der Waals surface area contributed by atoms with E-state index in [9.17, 15) is 0 Å². The Labute approximate surface area is 119 Å². The molecular formula is C15H19ClN2O. The highest BCUT2D eigenvalue weighted by Crippen LogP contribution is 2.27. The molecule has 1 aromatic carbocycles. The fourth-order valence-electron chi connectivity index (χ4n) is 1.94. The summed E-state index contributed by atoms with van der Waals surface area (Å²) in [4.78, 5) is 0. The van der Waals surface area contributed by atoms with Gasteiger partial charge in [0.1, 0.15) is 5.38 Å². The Bertz CT molecular complexity index is 484. The molecule has 2 rings (SSSR count). The second-order valence-corrected chi connectivity index (χ2v) is 5.05. The van der Waals surface area contributed by atoms with Crippen molar-refractivity contribution in [1.82, 2.24) is 10.2 Å². The third-order valence-electron chi connectivity index (χ3n) is 3.04. The lowest BCUT2D eigenvalue weighted by atomic mass is 10.1. The van der Waals surface area contributed by atoms with Crippen LogP contribution in [-0.4, -0.2) is 10.2 Å². The van der Waals surface area contributed by atoms with Crippen LogP contribution < -0.4 is 0 Å². The summed E-state index contributed by atoms with van der Waals surface area (Å²) >= 11 is 6.33. The van der Waals surface area contributed by atoms with Crippen molar-refractivity contribution in [2.45, 2.75) is 44.4 Å². The summed E-state index contributed by atoms with van der Waals surface area (Å²) < 4.78 is 5.63. The summed E-state index contributed by atoms with van der Waals surface area (Å²) in [6.07, 6.45) is 5.62. The maximum absolute atomic E-state index is 6.33. The molecule has 19 heavy (non-hydrogen) atoms. The predicted molar refractivity (Wildman–Crippen MR) is 76.3 cm³/mol. The first-order chi connectivity index (χ1) is 9.31. The Hall–Kier alpha value is -1.35. The van der Waals surface area contributed by atoms with Crippen LogP contribution in [0.1, 0.15) is 55.3 Å². The minimum atomic E-state index is -0.363. The average molecular weight is 279 g/mol. The number of hydrogen-bond donors (Lipinski definition) is 0. The van der Waals surface area contributed by atoms with Crippen LogP contribution in [0.2, 0.25) is 0 Å². The fourth-order valence-corrected chi connectivity index (χ4v) is 2.17. The van der Waals surface area contributed by atoms with Gasteiger partial charge in [0.25, 0.3) is 0 Å². The Balaban J connectivity index is 1.93. The molecular weight excluding hydrogens is 260 g/mol. The molecule has 0 saturated carbocycles. The molecule has 4 heteroatoms. The monoisotopic (exact) mass is 278 g/mol. The molecule has 0 aliphatic carbocycles. The van der Waals surface area contributed by atoms with Crippen LogP contribution in [0, 0.1) is 0 Å². The van der Waals surface area contributed by atoms with E-state index in [1.54, 1.807) is 0 Å². The molecule has 102 valence electrons. The third kappa shape index (κ3) is 4.06. The number of nitrogens with zero attached hydrogens (tertiary/aromatic N) is 2. The normalized spacial score (nSPS) is 12.5. The highest BCUT2D eigenvalue weighted by Gasteiger charge is 2.17. The lowest BCUT2D eigenvalue weighted by Crippen LogP contribution is -1.92. The van der Waals surface area contributed by atoms with Gasteiger partial charge in [0.2, 0.25) is 11.8 Å². The van der Waals surface area contributed by atoms with Gasteiger partial charge in [-0.1, -0.05) is 56.5 Å². The summed E-state index contributed by atoms with van der Waals surface area (Å²) in [6.45, 7) is 2.20. The Kier molecular flexibility index (Phi) is 5.40. The second kappa shape index (κ2) is 7.29. The number of aromatic nitrogens is 2. The number of aryl methyl sites for hydroxylation is 1. The third-order valence-corrected chi connectivity index (χ3v) is 3.47. The summed E-state index contributed by atoms with van der Waals surface area (Å²) in [5.41, 5.74) is 0.977. The predicted octanol–water partition coefficient (Wildman–Crippen LogP) is 4.52. The number of benzene rings is 1. The Morgan fingerprint density at radius 2 is 1.89 bits per heavy atom. The summed E-state index contributed by atoms with van der Waals surface area (Å²) in [5, 5.41) is 7.74. The molecule has 1 atom stereocenters. The zero-order valence-electron chi connectivity index (χ0n) is 11.2. The maximum atomic E-state index is 6.33. The van der Waals surface area contributed by atoms with Crippen molar-refractivity contribution in [2.75, 3.05) is 0 Å². The van der Waals surface area contributed by atoms with Crippen LogP contribution in [-0.2, 0) is 6.42 Å². The van der Waals surface area contributed by atoms with Gasteiger partial charge in [-0.3, -0.25) is 0 Å². The van der Waals surface area contributed by atoms with E-state index in [1.165, 1.54) is 19.3 Å². The van der Waals surface area contributed by atoms with Crippen molar-refractivity contribution in [3.05, 3.63) is 47.7 Å². The van der Waals surface area contributed by atoms with Gasteiger partial charge in [0.05, 0.1) is 0 Å². The average Bonchev–Trinajstić information content (AvgIpc) is 2.92. The van der Waals surface area contributed by atoms with E-state index in [-0.39, 0.29) is 5.38 Å². The topological polar surface area (TPSA) is 38.9 Å². The molecule has 0 amide bonds. The molecule has 0 aliphatic heterocycles. The number of rotatable bonds is 7. The molecule has 1 heterocycles. The number of hydrogen-bond acceptors (Lipinski definition) is 3. The van der Waals surface area contributed by atoms with Crippen molar-refractivity contribution in [3.63, 3.8) is 0 Å². The molecule has 3 nitrogen and oxygen atoms in total. The number of halogens is 1. The highest BCUT2D eigenvalue weighted by molar-refractivity contribution is 6.22. The van der Waals surface area contributed by atoms with E-state index in [0.29, 0.717) is 11.8 Å². The highest BCUT2D eigenvalue weighted by atomic mass is 35.5. The van der Waals surface area contributed by atoms with E-state index in [0.717, 1.165) is 18.4 Å². The molecule has 1 aromatic heterocycles. The van der Waals surface area contributed by atoms with Crippen LogP contribution in [0.25, 0.3) is 0 Å². The molecule has 1 unspecified atom stereocenters. The lowest BCUT2D eigenvalue weighted by Gasteiger charge is -2.03. The first-order valence-corrected chi connectivity index (χ1v) is 7.26. The largest absolute Gasteiger partial charge is 0.423 e. The van der Waals surface area contributed by atoms with Crippen LogP contribution in [0.4, 0.5) is 0 Å². The van der Waals surface area contributed by atoms with Gasteiger partial charge in [0, 0.05) is 6.42 Å². The Morgan fingerprint density at radius 3 is 2.63 bits per heavy atom. The van der Waals surface area contributed by atoms with Crippen molar-refractivity contribution in [3.8, 4) is 0 Å². The van der Waals surface area contributed by atoms with Gasteiger partial charge >= 0.3 is 0 Å². The Morgan fingerprint density at radius 1 is 1.11 bits per heavy atom. The molecule has 0 bridgehead atoms. The quantitative estimate of drug-likeness (QED) is 0.552. The second-order valence-electron chi connectivity index (χ2n) is 4.62. The van der Waals surface area contributed by atoms with E-state index in [2.05, 4.69) is 17.1 Å². The van der Waals surface area contributed by atoms with Crippen molar-refractivity contribution >= 4 is 11.6 Å². The molecule has 0 N–H and O–H groups in total. The molecule has 0 spiro atoms. The first kappa shape index (κ1) is 14.1. The van der Waals surface area contributed by atoms with Crippen LogP contribution in [0.15, 0.2) is 34.7 Å². The van der Waals surface area contributed by atoms with E-state index >= 15 is 0 Å². The van der Waals surface area contributed by atoms with Crippen LogP contribution in [0.5, 0.6) is 0 Å². The number of unbranched alkanes of at least 4 members (excludes halogenated alkanes) is 3. The molecule has 0 aliphatic rings. The van der Waals surface area contributed by atoms with Gasteiger partial charge in [-0.2, -0.15) is 0 Å². The molecule has 0 fully saturated rings. The zero-order valence-corrected chi connectivity index (χ0v) is 11.9. The minimum absolute atomic E-state index is 0.363. The lowest BCUT2D eigenvalue weighted by molar-refractivity contribution is 0.445. The van der Waals surface area contributed by atoms with Crippen molar-refractivity contribution in [1.29, 1.82) is 0 Å². The maximum Gasteiger partial charge on any atom is 0.238 e. The van der Waals surface area contributed by atoms with Gasteiger partial charge in [-0.15, -0.1) is 21.8 Å². The van der Waals surface area contributed by atoms with Gasteiger partial charge in [-0.05, 0) is 12.0 Å². The zero-order chi connectivity index (χ0) is 13.5. The van der Waals surface area contributed by atoms with Gasteiger partial charge in [-0.25, -0.2) is 0 Å². The summed E-state index contributed by atoms with van der Waals surface area (Å²) in [7, 11) is 0. The SMILES string of the molecule is CCCCCCc1nnc(C(Cl)c2ccccc2)o1. The smallest absolute Gasteiger partial charge is 0.238 e. The molecule has 2 aromatic rings. The number of alkyl halides is 1. The van der Waals surface area contributed by atoms with Gasteiger partial charge < -0.3 is 4.42 Å². The minimum Gasteiger partial charge on any atom is -0.423 e. The van der Waals surface area contributed by atoms with Crippen LogP contribution >= 0.6 is 11.6 Å². The standard InChI is InChI=1S/C15H19ClN2O/c1-2-3-4-8-11-13-17-18-15(19-13)14(16)12-9-6-5-7-10-12/h5-7,9-10,14H,2-4,8,11H2,1H3. The van der Waals surface area contributed by atoms with Crippen molar-refractivity contribution < 1.29 is 4.42 Å². The summed E-state index contributed by atoms with van der Waals surface area (Å²) in [6, 6.07) is 9.78. The molecule has 0 saturated heterocycles. The molecule has 0 radical (unpaired) electrons. The van der Waals surface area contributed by atoms with Crippen molar-refractivity contribution in [2.24, 2.45) is 0 Å². The van der Waals surface area contributed by atoms with E-state index < -0.39 is 0 Å². The summed E-state index contributed by atoms with van der Waals surface area (Å²) in [5.74, 6) is 1.17.